The Bertz CT molecular complexity index is 1480. The summed E-state index contributed by atoms with van der Waals surface area (Å²) in [6.07, 6.45) is 5.16. The first-order valence-corrected chi connectivity index (χ1v) is 14.1. The van der Waals surface area contributed by atoms with Crippen LogP contribution < -0.4 is 10.4 Å². The zero-order valence-corrected chi connectivity index (χ0v) is 22.4. The average molecular weight is 524 g/mol. The molecule has 4 aliphatic rings. The number of aromatic amines is 1. The van der Waals surface area contributed by atoms with Crippen molar-refractivity contribution in [2.45, 2.75) is 37.1 Å². The molecule has 4 aliphatic heterocycles. The van der Waals surface area contributed by atoms with Crippen LogP contribution in [0.4, 0.5) is 5.69 Å². The number of fused-ring (bicyclic) bond motifs is 4. The molecule has 9 nitrogen and oxygen atoms in total. The van der Waals surface area contributed by atoms with E-state index in [2.05, 4.69) is 29.0 Å². The molecule has 1 N–H and O–H groups in total. The first-order valence-electron chi connectivity index (χ1n) is 14.1. The number of likely N-dealkylation sites (tertiary alicyclic amines) is 1. The molecule has 0 saturated carbocycles. The number of carbonyl (C=O) groups excluding carboxylic acids is 3. The Morgan fingerprint density at radius 1 is 1.05 bits per heavy atom. The van der Waals surface area contributed by atoms with Gasteiger partial charge < -0.3 is 14.7 Å². The maximum atomic E-state index is 14.2. The zero-order valence-electron chi connectivity index (χ0n) is 22.4. The van der Waals surface area contributed by atoms with Gasteiger partial charge in [0.1, 0.15) is 14.4 Å². The molecule has 1 aromatic heterocycles. The SMILES string of the molecule is Bc1cccc2c1C1(CCN(C(=O)c3ccc4[nH]ncc4c3)CC1)C(=O)N2CC(=O)N1CCN2CCCC2C1. The van der Waals surface area contributed by atoms with Gasteiger partial charge in [-0.2, -0.15) is 5.10 Å². The molecule has 1 unspecified atom stereocenters. The summed E-state index contributed by atoms with van der Waals surface area (Å²) in [6.45, 7) is 4.60. The van der Waals surface area contributed by atoms with Crippen LogP contribution in [-0.4, -0.2) is 102 Å². The van der Waals surface area contributed by atoms with Gasteiger partial charge in [0.2, 0.25) is 11.8 Å². The Morgan fingerprint density at radius 3 is 2.74 bits per heavy atom. The molecule has 3 fully saturated rings. The highest BCUT2D eigenvalue weighted by Crippen LogP contribution is 2.47. The van der Waals surface area contributed by atoms with Gasteiger partial charge in [0.25, 0.3) is 5.91 Å². The number of nitrogens with one attached hydrogen (secondary N) is 1. The molecule has 1 atom stereocenters. The van der Waals surface area contributed by atoms with Crippen molar-refractivity contribution in [3.63, 3.8) is 0 Å². The minimum atomic E-state index is -0.698. The van der Waals surface area contributed by atoms with Crippen molar-refractivity contribution in [3.8, 4) is 0 Å². The third-order valence-corrected chi connectivity index (χ3v) is 9.50. The van der Waals surface area contributed by atoms with Crippen LogP contribution in [0.3, 0.4) is 0 Å². The number of anilines is 1. The van der Waals surface area contributed by atoms with Crippen molar-refractivity contribution in [2.75, 3.05) is 50.7 Å². The Kier molecular flexibility index (Phi) is 5.77. The van der Waals surface area contributed by atoms with E-state index in [1.54, 1.807) is 11.1 Å². The van der Waals surface area contributed by atoms with Crippen LogP contribution in [0.1, 0.15) is 41.6 Å². The molecular weight excluding hydrogens is 491 g/mol. The summed E-state index contributed by atoms with van der Waals surface area (Å²) in [7, 11) is 2.05. The predicted molar refractivity (Wildman–Crippen MR) is 151 cm³/mol. The summed E-state index contributed by atoms with van der Waals surface area (Å²) >= 11 is 0. The van der Waals surface area contributed by atoms with Crippen molar-refractivity contribution >= 4 is 47.6 Å². The maximum Gasteiger partial charge on any atom is 0.253 e. The number of aromatic nitrogens is 2. The second-order valence-corrected chi connectivity index (χ2v) is 11.6. The summed E-state index contributed by atoms with van der Waals surface area (Å²) < 4.78 is 0. The lowest BCUT2D eigenvalue weighted by atomic mass is 9.69. The molecule has 0 radical (unpaired) electrons. The van der Waals surface area contributed by atoms with Gasteiger partial charge in [0.05, 0.1) is 17.1 Å². The molecule has 10 heteroatoms. The van der Waals surface area contributed by atoms with Crippen molar-refractivity contribution in [3.05, 3.63) is 53.7 Å². The lowest BCUT2D eigenvalue weighted by Crippen LogP contribution is -2.55. The molecule has 7 rings (SSSR count). The summed E-state index contributed by atoms with van der Waals surface area (Å²) in [5, 5.41) is 7.87. The summed E-state index contributed by atoms with van der Waals surface area (Å²) in [5.41, 5.74) is 3.79. The van der Waals surface area contributed by atoms with Gasteiger partial charge in [0.15, 0.2) is 0 Å². The average Bonchev–Trinajstić information content (AvgIpc) is 3.67. The third-order valence-electron chi connectivity index (χ3n) is 9.50. The number of benzene rings is 2. The molecular formula is C29H33BN6O3. The van der Waals surface area contributed by atoms with Crippen LogP contribution in [0.25, 0.3) is 10.9 Å². The van der Waals surface area contributed by atoms with E-state index < -0.39 is 5.41 Å². The van der Waals surface area contributed by atoms with Crippen LogP contribution in [0.15, 0.2) is 42.6 Å². The zero-order chi connectivity index (χ0) is 26.7. The van der Waals surface area contributed by atoms with Crippen LogP contribution in [0.2, 0.25) is 0 Å². The molecule has 200 valence electrons. The number of H-pyrrole nitrogens is 1. The molecule has 3 saturated heterocycles. The Hall–Kier alpha value is -3.66. The van der Waals surface area contributed by atoms with Gasteiger partial charge in [0, 0.05) is 55.4 Å². The fourth-order valence-corrected chi connectivity index (χ4v) is 7.40. The highest BCUT2D eigenvalue weighted by molar-refractivity contribution is 6.35. The molecule has 0 bridgehead atoms. The molecule has 2 aromatic carbocycles. The van der Waals surface area contributed by atoms with Gasteiger partial charge in [-0.3, -0.25) is 24.4 Å². The molecule has 0 aliphatic carbocycles. The second kappa shape index (κ2) is 9.22. The number of amides is 3. The quantitative estimate of drug-likeness (QED) is 0.508. The van der Waals surface area contributed by atoms with Crippen LogP contribution in [0.5, 0.6) is 0 Å². The van der Waals surface area contributed by atoms with Crippen molar-refractivity contribution < 1.29 is 14.4 Å². The largest absolute Gasteiger partial charge is 0.339 e. The van der Waals surface area contributed by atoms with Gasteiger partial charge in [-0.1, -0.05) is 17.6 Å². The van der Waals surface area contributed by atoms with Crippen molar-refractivity contribution in [1.82, 2.24) is 24.9 Å². The van der Waals surface area contributed by atoms with Gasteiger partial charge in [-0.05, 0) is 62.1 Å². The normalized spacial score (nSPS) is 22.5. The van der Waals surface area contributed by atoms with Crippen LogP contribution in [-0.2, 0) is 15.0 Å². The first kappa shape index (κ1) is 24.4. The van der Waals surface area contributed by atoms with E-state index in [1.807, 2.05) is 40.1 Å². The highest BCUT2D eigenvalue weighted by Gasteiger charge is 2.53. The second-order valence-electron chi connectivity index (χ2n) is 11.6. The standard InChI is InChI=1S/C29H33BN6O3/c30-22-4-1-5-24-26(22)29(28(39)36(24)18-25(37)35-14-13-33-10-2-3-21(33)17-35)8-11-34(12-9-29)27(38)19-6-7-23-20(15-19)16-31-32-23/h1,4-7,15-16,21H,2-3,8-14,17-18,30H2,(H,31,32). The minimum absolute atomic E-state index is 0.00608. The first-order chi connectivity index (χ1) is 18.9. The fourth-order valence-electron chi connectivity index (χ4n) is 7.40. The van der Waals surface area contributed by atoms with Crippen molar-refractivity contribution in [1.29, 1.82) is 0 Å². The Balaban J connectivity index is 1.10. The smallest absolute Gasteiger partial charge is 0.253 e. The van der Waals surface area contributed by atoms with Crippen molar-refractivity contribution in [2.24, 2.45) is 0 Å². The Labute approximate surface area is 228 Å². The molecule has 3 aromatic rings. The number of hydrogen-bond donors (Lipinski definition) is 1. The number of carbonyl (C=O) groups is 3. The molecule has 3 amide bonds. The number of hydrogen-bond acceptors (Lipinski definition) is 5. The fraction of sp³-hybridized carbons (Fsp3) is 0.448. The van der Waals surface area contributed by atoms with E-state index in [0.29, 0.717) is 37.5 Å². The molecule has 1 spiro atoms. The van der Waals surface area contributed by atoms with E-state index in [1.165, 1.54) is 6.42 Å². The number of rotatable bonds is 3. The Morgan fingerprint density at radius 2 is 1.90 bits per heavy atom. The summed E-state index contributed by atoms with van der Waals surface area (Å²) in [5.74, 6) is 0.00900. The summed E-state index contributed by atoms with van der Waals surface area (Å²) in [6, 6.07) is 12.0. The third kappa shape index (κ3) is 3.87. The predicted octanol–water partition coefficient (Wildman–Crippen LogP) is 0.649. The monoisotopic (exact) mass is 524 g/mol. The number of piperazine rings is 1. The lowest BCUT2D eigenvalue weighted by molar-refractivity contribution is -0.134. The summed E-state index contributed by atoms with van der Waals surface area (Å²) in [4.78, 5) is 49.1. The molecule has 5 heterocycles. The van der Waals surface area contributed by atoms with E-state index in [9.17, 15) is 14.4 Å². The minimum Gasteiger partial charge on any atom is -0.339 e. The van der Waals surface area contributed by atoms with Crippen LogP contribution >= 0.6 is 0 Å². The van der Waals surface area contributed by atoms with Gasteiger partial charge >= 0.3 is 0 Å². The molecule has 39 heavy (non-hydrogen) atoms. The number of piperidine rings is 1. The van der Waals surface area contributed by atoms with E-state index in [0.717, 1.165) is 60.2 Å². The topological polar surface area (TPSA) is 92.8 Å². The maximum absolute atomic E-state index is 14.2. The van der Waals surface area contributed by atoms with Gasteiger partial charge in [-0.25, -0.2) is 0 Å². The van der Waals surface area contributed by atoms with Crippen LogP contribution in [0, 0.1) is 0 Å². The highest BCUT2D eigenvalue weighted by atomic mass is 16.2. The number of nitrogens with zero attached hydrogens (tertiary/aromatic N) is 5. The lowest BCUT2D eigenvalue weighted by Gasteiger charge is -2.39. The van der Waals surface area contributed by atoms with E-state index in [4.69, 9.17) is 0 Å². The van der Waals surface area contributed by atoms with Gasteiger partial charge in [-0.15, -0.1) is 0 Å². The van der Waals surface area contributed by atoms with E-state index in [-0.39, 0.29) is 24.3 Å². The van der Waals surface area contributed by atoms with E-state index >= 15 is 0 Å².